The maximum Gasteiger partial charge on any atom is 0.333 e. The molecule has 0 fully saturated rings. The highest BCUT2D eigenvalue weighted by atomic mass is 19.1. The first kappa shape index (κ1) is 21.2. The second-order valence-electron chi connectivity index (χ2n) is 7.23. The van der Waals surface area contributed by atoms with Gasteiger partial charge in [0, 0.05) is 29.7 Å². The molecule has 2 aromatic rings. The SMILES string of the molecule is Cc1cc(N2C=C(C(=O)O)C(c3cccc(F)c3)CC2=O)c(C(C)O)cc1C(N)=O. The van der Waals surface area contributed by atoms with Gasteiger partial charge in [0.05, 0.1) is 17.4 Å². The Balaban J connectivity index is 2.16. The predicted molar refractivity (Wildman–Crippen MR) is 107 cm³/mol. The molecule has 0 radical (unpaired) electrons. The summed E-state index contributed by atoms with van der Waals surface area (Å²) in [6.45, 7) is 3.09. The van der Waals surface area contributed by atoms with Crippen LogP contribution < -0.4 is 10.6 Å². The summed E-state index contributed by atoms with van der Waals surface area (Å²) in [5.74, 6) is -3.70. The van der Waals surface area contributed by atoms with Gasteiger partial charge < -0.3 is 15.9 Å². The molecule has 2 atom stereocenters. The second kappa shape index (κ2) is 8.08. The van der Waals surface area contributed by atoms with Crippen molar-refractivity contribution in [3.63, 3.8) is 0 Å². The van der Waals surface area contributed by atoms with E-state index < -0.39 is 35.6 Å². The molecule has 156 valence electrons. The first-order valence-corrected chi connectivity index (χ1v) is 9.25. The first-order valence-electron chi connectivity index (χ1n) is 9.25. The minimum Gasteiger partial charge on any atom is -0.478 e. The summed E-state index contributed by atoms with van der Waals surface area (Å²) in [4.78, 5) is 37.7. The number of carbonyl (C=O) groups excluding carboxylic acids is 2. The average Bonchev–Trinajstić information content (AvgIpc) is 2.66. The molecule has 3 rings (SSSR count). The van der Waals surface area contributed by atoms with Crippen molar-refractivity contribution in [3.05, 3.63) is 76.2 Å². The van der Waals surface area contributed by atoms with E-state index in [0.717, 1.165) is 4.90 Å². The van der Waals surface area contributed by atoms with Gasteiger partial charge in [-0.2, -0.15) is 0 Å². The van der Waals surface area contributed by atoms with Crippen molar-refractivity contribution in [1.29, 1.82) is 0 Å². The van der Waals surface area contributed by atoms with Crippen LogP contribution in [0.1, 0.15) is 52.4 Å². The van der Waals surface area contributed by atoms with Crippen LogP contribution in [0.5, 0.6) is 0 Å². The summed E-state index contributed by atoms with van der Waals surface area (Å²) in [7, 11) is 0. The third-order valence-corrected chi connectivity index (χ3v) is 5.14. The van der Waals surface area contributed by atoms with E-state index in [9.17, 15) is 29.0 Å². The lowest BCUT2D eigenvalue weighted by atomic mass is 9.85. The Morgan fingerprint density at radius 2 is 1.97 bits per heavy atom. The van der Waals surface area contributed by atoms with Crippen LogP contribution in [0, 0.1) is 12.7 Å². The number of anilines is 1. The molecule has 8 heteroatoms. The fourth-order valence-electron chi connectivity index (χ4n) is 3.63. The molecule has 1 heterocycles. The monoisotopic (exact) mass is 412 g/mol. The number of halogens is 1. The van der Waals surface area contributed by atoms with Crippen LogP contribution in [0.15, 0.2) is 48.2 Å². The fourth-order valence-corrected chi connectivity index (χ4v) is 3.63. The number of aliphatic carboxylic acids is 1. The lowest BCUT2D eigenvalue weighted by Gasteiger charge is -2.31. The van der Waals surface area contributed by atoms with Crippen LogP contribution >= 0.6 is 0 Å². The van der Waals surface area contributed by atoms with Crippen molar-refractivity contribution in [2.75, 3.05) is 4.90 Å². The Labute approximate surface area is 172 Å². The van der Waals surface area contributed by atoms with Gasteiger partial charge in [-0.15, -0.1) is 0 Å². The van der Waals surface area contributed by atoms with Crippen molar-refractivity contribution in [2.45, 2.75) is 32.3 Å². The molecule has 0 spiro atoms. The Kier molecular flexibility index (Phi) is 5.71. The quantitative estimate of drug-likeness (QED) is 0.697. The molecule has 0 aromatic heterocycles. The number of aliphatic hydroxyl groups excluding tert-OH is 1. The van der Waals surface area contributed by atoms with Gasteiger partial charge in [0.15, 0.2) is 0 Å². The number of amides is 2. The van der Waals surface area contributed by atoms with E-state index in [0.29, 0.717) is 11.1 Å². The van der Waals surface area contributed by atoms with Crippen LogP contribution in [0.2, 0.25) is 0 Å². The largest absolute Gasteiger partial charge is 0.478 e. The maximum atomic E-state index is 13.7. The van der Waals surface area contributed by atoms with Crippen LogP contribution in [-0.2, 0) is 9.59 Å². The fraction of sp³-hybridized carbons (Fsp3) is 0.227. The summed E-state index contributed by atoms with van der Waals surface area (Å²) >= 11 is 0. The molecule has 0 saturated heterocycles. The van der Waals surface area contributed by atoms with E-state index in [1.807, 2.05) is 0 Å². The minimum atomic E-state index is -1.24. The van der Waals surface area contributed by atoms with Crippen molar-refractivity contribution < 1.29 is 29.0 Å². The lowest BCUT2D eigenvalue weighted by molar-refractivity contribution is -0.133. The smallest absolute Gasteiger partial charge is 0.333 e. The highest BCUT2D eigenvalue weighted by Crippen LogP contribution is 2.38. The van der Waals surface area contributed by atoms with Crippen LogP contribution in [-0.4, -0.2) is 28.0 Å². The van der Waals surface area contributed by atoms with Gasteiger partial charge in [-0.3, -0.25) is 14.5 Å². The van der Waals surface area contributed by atoms with Gasteiger partial charge in [0.25, 0.3) is 0 Å². The van der Waals surface area contributed by atoms with Gasteiger partial charge in [-0.25, -0.2) is 9.18 Å². The molecule has 4 N–H and O–H groups in total. The second-order valence-corrected chi connectivity index (χ2v) is 7.23. The number of nitrogens with zero attached hydrogens (tertiary/aromatic N) is 1. The molecule has 0 saturated carbocycles. The van der Waals surface area contributed by atoms with Gasteiger partial charge >= 0.3 is 5.97 Å². The van der Waals surface area contributed by atoms with Crippen molar-refractivity contribution in [2.24, 2.45) is 5.73 Å². The molecular weight excluding hydrogens is 391 g/mol. The Hall–Kier alpha value is -3.52. The zero-order chi connectivity index (χ0) is 22.2. The summed E-state index contributed by atoms with van der Waals surface area (Å²) < 4.78 is 13.7. The maximum absolute atomic E-state index is 13.7. The zero-order valence-corrected chi connectivity index (χ0v) is 16.4. The Morgan fingerprint density at radius 1 is 1.27 bits per heavy atom. The number of aliphatic hydroxyl groups is 1. The molecule has 2 unspecified atom stereocenters. The number of carbonyl (C=O) groups is 3. The van der Waals surface area contributed by atoms with E-state index in [2.05, 4.69) is 0 Å². The van der Waals surface area contributed by atoms with E-state index >= 15 is 0 Å². The molecule has 0 aliphatic carbocycles. The van der Waals surface area contributed by atoms with Crippen LogP contribution in [0.25, 0.3) is 0 Å². The number of primary amides is 1. The molecule has 2 amide bonds. The van der Waals surface area contributed by atoms with Crippen LogP contribution in [0.3, 0.4) is 0 Å². The number of benzene rings is 2. The Morgan fingerprint density at radius 3 is 2.53 bits per heavy atom. The molecular formula is C22H21FN2O5. The first-order chi connectivity index (χ1) is 14.1. The molecule has 1 aliphatic rings. The third kappa shape index (κ3) is 3.95. The average molecular weight is 412 g/mol. The number of nitrogens with two attached hydrogens (primary N) is 1. The van der Waals surface area contributed by atoms with Crippen molar-refractivity contribution >= 4 is 23.5 Å². The lowest BCUT2D eigenvalue weighted by Crippen LogP contribution is -2.35. The normalized spacial score (nSPS) is 17.5. The van der Waals surface area contributed by atoms with Crippen molar-refractivity contribution in [3.8, 4) is 0 Å². The Bertz CT molecular complexity index is 1080. The molecule has 2 aromatic carbocycles. The molecule has 1 aliphatic heterocycles. The molecule has 30 heavy (non-hydrogen) atoms. The van der Waals surface area contributed by atoms with Crippen LogP contribution in [0.4, 0.5) is 10.1 Å². The standard InChI is InChI=1S/C22H21FN2O5/c1-11-6-19(16(12(2)26)8-15(11)21(24)28)25-10-18(22(29)30)17(9-20(25)27)13-4-3-5-14(23)7-13/h3-8,10,12,17,26H,9H2,1-2H3,(H2,24,28)(H,29,30). The highest BCUT2D eigenvalue weighted by molar-refractivity contribution is 6.03. The van der Waals surface area contributed by atoms with Gasteiger partial charge in [-0.1, -0.05) is 12.1 Å². The topological polar surface area (TPSA) is 121 Å². The van der Waals surface area contributed by atoms with Gasteiger partial charge in [0.2, 0.25) is 11.8 Å². The third-order valence-electron chi connectivity index (χ3n) is 5.14. The van der Waals surface area contributed by atoms with E-state index in [4.69, 9.17) is 5.73 Å². The summed E-state index contributed by atoms with van der Waals surface area (Å²) in [6.07, 6.45) is -0.0553. The number of carboxylic acid groups (broad SMARTS) is 1. The zero-order valence-electron chi connectivity index (χ0n) is 16.4. The van der Waals surface area contributed by atoms with Gasteiger partial charge in [0.1, 0.15) is 5.82 Å². The summed E-state index contributed by atoms with van der Waals surface area (Å²) in [5, 5.41) is 19.9. The molecule has 0 bridgehead atoms. The number of hydrogen-bond acceptors (Lipinski definition) is 4. The predicted octanol–water partition coefficient (Wildman–Crippen LogP) is 2.78. The summed E-state index contributed by atoms with van der Waals surface area (Å²) in [5.41, 5.74) is 6.86. The highest BCUT2D eigenvalue weighted by Gasteiger charge is 2.34. The summed E-state index contributed by atoms with van der Waals surface area (Å²) in [6, 6.07) is 8.38. The molecule has 7 nitrogen and oxygen atoms in total. The van der Waals surface area contributed by atoms with E-state index in [1.165, 1.54) is 43.5 Å². The number of aryl methyl sites for hydroxylation is 1. The van der Waals surface area contributed by atoms with Crippen molar-refractivity contribution in [1.82, 2.24) is 0 Å². The van der Waals surface area contributed by atoms with E-state index in [1.54, 1.807) is 13.0 Å². The van der Waals surface area contributed by atoms with E-state index in [-0.39, 0.29) is 28.8 Å². The van der Waals surface area contributed by atoms with Gasteiger partial charge in [-0.05, 0) is 49.2 Å². The number of rotatable bonds is 5. The number of carboxylic acids is 1. The number of hydrogen-bond donors (Lipinski definition) is 3. The minimum absolute atomic E-state index is 0.0895.